The maximum Gasteiger partial charge on any atom is 0.312 e. The van der Waals surface area contributed by atoms with Gasteiger partial charge < -0.3 is 24.8 Å². The number of carbonyl (C=O) groups excluding carboxylic acids is 3. The monoisotopic (exact) mass is 416 g/mol. The molecule has 1 spiro atoms. The van der Waals surface area contributed by atoms with Crippen molar-refractivity contribution in [2.45, 2.75) is 50.5 Å². The van der Waals surface area contributed by atoms with Crippen LogP contribution >= 0.6 is 0 Å². The molecule has 1 aromatic carbocycles. The van der Waals surface area contributed by atoms with Crippen LogP contribution in [0.2, 0.25) is 0 Å². The third-order valence-electron chi connectivity index (χ3n) is 6.47. The van der Waals surface area contributed by atoms with E-state index >= 15 is 0 Å². The lowest BCUT2D eigenvalue weighted by Crippen LogP contribution is -2.55. The Hall–Kier alpha value is -2.45. The molecule has 30 heavy (non-hydrogen) atoms. The van der Waals surface area contributed by atoms with E-state index in [1.165, 1.54) is 4.90 Å². The van der Waals surface area contributed by atoms with Gasteiger partial charge in [-0.05, 0) is 31.7 Å². The zero-order chi connectivity index (χ0) is 21.3. The lowest BCUT2D eigenvalue weighted by molar-refractivity contribution is -0.154. The number of carbonyl (C=O) groups is 3. The summed E-state index contributed by atoms with van der Waals surface area (Å²) in [6, 6.07) is 8.71. The molecule has 3 heterocycles. The molecular weight excluding hydrogens is 388 g/mol. The van der Waals surface area contributed by atoms with Crippen molar-refractivity contribution in [3.63, 3.8) is 0 Å². The number of ether oxygens (including phenoxy) is 2. The maximum atomic E-state index is 13.4. The molecule has 8 nitrogen and oxygen atoms in total. The first-order valence-corrected chi connectivity index (χ1v) is 10.6. The van der Waals surface area contributed by atoms with Crippen molar-refractivity contribution < 1.29 is 29.0 Å². The van der Waals surface area contributed by atoms with Gasteiger partial charge in [-0.15, -0.1) is 0 Å². The maximum absolute atomic E-state index is 13.4. The lowest BCUT2D eigenvalue weighted by atomic mass is 9.71. The fraction of sp³-hybridized carbons (Fsp3) is 0.591. The Labute approximate surface area is 175 Å². The fourth-order valence-corrected chi connectivity index (χ4v) is 5.32. The third kappa shape index (κ3) is 3.28. The van der Waals surface area contributed by atoms with Crippen LogP contribution in [0, 0.1) is 11.8 Å². The molecule has 2 bridgehead atoms. The minimum atomic E-state index is -1.02. The summed E-state index contributed by atoms with van der Waals surface area (Å²) in [5.41, 5.74) is -0.0674. The third-order valence-corrected chi connectivity index (χ3v) is 6.47. The molecule has 2 N–H and O–H groups in total. The summed E-state index contributed by atoms with van der Waals surface area (Å²) in [7, 11) is 0. The second kappa shape index (κ2) is 8.35. The minimum Gasteiger partial charge on any atom is -0.466 e. The standard InChI is InChI=1S/C22H28N2O6/c1-2-29-21(28)16-15-9-10-22(30-15)17(16)20(27)24(11-6-12-25)18(22)19(26)23-13-14-7-4-3-5-8-14/h3-5,7-8,15-18,25H,2,6,9-13H2,1H3,(H,23,26)/t15-,16+,17+,18-,22+/m1/s1. The van der Waals surface area contributed by atoms with E-state index in [4.69, 9.17) is 9.47 Å². The summed E-state index contributed by atoms with van der Waals surface area (Å²) in [5.74, 6) is -2.40. The van der Waals surface area contributed by atoms with Crippen LogP contribution in [0.3, 0.4) is 0 Å². The Morgan fingerprint density at radius 1 is 1.33 bits per heavy atom. The number of likely N-dealkylation sites (tertiary alicyclic amines) is 1. The summed E-state index contributed by atoms with van der Waals surface area (Å²) >= 11 is 0. The van der Waals surface area contributed by atoms with Crippen LogP contribution in [0.5, 0.6) is 0 Å². The molecule has 0 aliphatic carbocycles. The first-order chi connectivity index (χ1) is 14.5. The Morgan fingerprint density at radius 3 is 2.80 bits per heavy atom. The van der Waals surface area contributed by atoms with Crippen molar-refractivity contribution in [3.8, 4) is 0 Å². The number of amides is 2. The number of benzene rings is 1. The average Bonchev–Trinajstić information content (AvgIpc) is 3.39. The first kappa shape index (κ1) is 20.8. The molecule has 3 aliphatic rings. The van der Waals surface area contributed by atoms with Gasteiger partial charge in [0.25, 0.3) is 0 Å². The number of rotatable bonds is 8. The van der Waals surface area contributed by atoms with Crippen LogP contribution < -0.4 is 5.32 Å². The molecule has 162 valence electrons. The molecule has 5 atom stereocenters. The molecule has 0 unspecified atom stereocenters. The first-order valence-electron chi connectivity index (χ1n) is 10.6. The summed E-state index contributed by atoms with van der Waals surface area (Å²) in [4.78, 5) is 40.8. The van der Waals surface area contributed by atoms with Gasteiger partial charge in [0.15, 0.2) is 0 Å². The van der Waals surface area contributed by atoms with E-state index in [-0.39, 0.29) is 31.6 Å². The van der Waals surface area contributed by atoms with E-state index in [0.29, 0.717) is 25.8 Å². The van der Waals surface area contributed by atoms with Crippen LogP contribution in [0.25, 0.3) is 0 Å². The van der Waals surface area contributed by atoms with E-state index in [2.05, 4.69) is 5.32 Å². The lowest BCUT2D eigenvalue weighted by Gasteiger charge is -2.33. The normalized spacial score (nSPS) is 31.7. The van der Waals surface area contributed by atoms with Gasteiger partial charge in [0, 0.05) is 19.7 Å². The van der Waals surface area contributed by atoms with Gasteiger partial charge in [-0.25, -0.2) is 0 Å². The van der Waals surface area contributed by atoms with Crippen molar-refractivity contribution in [2.24, 2.45) is 11.8 Å². The van der Waals surface area contributed by atoms with Crippen LogP contribution in [-0.2, 0) is 30.4 Å². The number of esters is 1. The second-order valence-corrected chi connectivity index (χ2v) is 8.12. The number of hydrogen-bond acceptors (Lipinski definition) is 6. The highest BCUT2D eigenvalue weighted by atomic mass is 16.6. The summed E-state index contributed by atoms with van der Waals surface area (Å²) < 4.78 is 11.5. The minimum absolute atomic E-state index is 0.0927. The average molecular weight is 416 g/mol. The highest BCUT2D eigenvalue weighted by molar-refractivity contribution is 5.98. The second-order valence-electron chi connectivity index (χ2n) is 8.12. The Morgan fingerprint density at radius 2 is 2.10 bits per heavy atom. The summed E-state index contributed by atoms with van der Waals surface area (Å²) in [5, 5.41) is 12.2. The fourth-order valence-electron chi connectivity index (χ4n) is 5.32. The molecule has 3 aliphatic heterocycles. The van der Waals surface area contributed by atoms with Crippen molar-refractivity contribution in [1.29, 1.82) is 0 Å². The molecule has 0 aromatic heterocycles. The highest BCUT2D eigenvalue weighted by Gasteiger charge is 2.74. The molecule has 2 amide bonds. The number of aliphatic hydroxyl groups excluding tert-OH is 1. The number of aliphatic hydroxyl groups is 1. The summed E-state index contributed by atoms with van der Waals surface area (Å²) in [6.45, 7) is 2.44. The van der Waals surface area contributed by atoms with Gasteiger partial charge >= 0.3 is 5.97 Å². The van der Waals surface area contributed by atoms with E-state index in [0.717, 1.165) is 5.56 Å². The Kier molecular flexibility index (Phi) is 5.79. The molecule has 3 saturated heterocycles. The van der Waals surface area contributed by atoms with E-state index < -0.39 is 35.6 Å². The van der Waals surface area contributed by atoms with Gasteiger partial charge in [-0.3, -0.25) is 14.4 Å². The van der Waals surface area contributed by atoms with Crippen LogP contribution in [0.1, 0.15) is 31.7 Å². The van der Waals surface area contributed by atoms with Gasteiger partial charge in [0.1, 0.15) is 11.6 Å². The van der Waals surface area contributed by atoms with Crippen molar-refractivity contribution >= 4 is 17.8 Å². The van der Waals surface area contributed by atoms with Crippen molar-refractivity contribution in [3.05, 3.63) is 35.9 Å². The van der Waals surface area contributed by atoms with E-state index in [1.807, 2.05) is 30.3 Å². The van der Waals surface area contributed by atoms with E-state index in [9.17, 15) is 19.5 Å². The SMILES string of the molecule is CCOC(=O)[C@@H]1[C@H]2C(=O)N(CCCO)[C@H](C(=O)NCc3ccccc3)[C@]23CC[C@H]1O3. The topological polar surface area (TPSA) is 105 Å². The molecule has 4 rings (SSSR count). The van der Waals surface area contributed by atoms with Gasteiger partial charge in [0.05, 0.1) is 24.5 Å². The van der Waals surface area contributed by atoms with Gasteiger partial charge in [-0.2, -0.15) is 0 Å². The van der Waals surface area contributed by atoms with Crippen LogP contribution in [-0.4, -0.2) is 65.3 Å². The predicted octanol–water partition coefficient (Wildman–Crippen LogP) is 0.623. The van der Waals surface area contributed by atoms with Crippen LogP contribution in [0.4, 0.5) is 0 Å². The number of nitrogens with zero attached hydrogens (tertiary/aromatic N) is 1. The Bertz CT molecular complexity index is 815. The number of hydrogen-bond donors (Lipinski definition) is 2. The van der Waals surface area contributed by atoms with E-state index in [1.54, 1.807) is 6.92 Å². The smallest absolute Gasteiger partial charge is 0.312 e. The van der Waals surface area contributed by atoms with Crippen molar-refractivity contribution in [1.82, 2.24) is 10.2 Å². The largest absolute Gasteiger partial charge is 0.466 e. The summed E-state index contributed by atoms with van der Waals surface area (Å²) in [6.07, 6.45) is 1.11. The number of fused-ring (bicyclic) bond motifs is 1. The van der Waals surface area contributed by atoms with Crippen molar-refractivity contribution in [2.75, 3.05) is 19.8 Å². The quantitative estimate of drug-likeness (QED) is 0.602. The molecule has 8 heteroatoms. The molecule has 3 fully saturated rings. The molecule has 0 radical (unpaired) electrons. The zero-order valence-corrected chi connectivity index (χ0v) is 17.1. The molecular formula is C22H28N2O6. The predicted molar refractivity (Wildman–Crippen MR) is 106 cm³/mol. The molecule has 1 aromatic rings. The van der Waals surface area contributed by atoms with Gasteiger partial charge in [-0.1, -0.05) is 30.3 Å². The van der Waals surface area contributed by atoms with Gasteiger partial charge in [0.2, 0.25) is 11.8 Å². The van der Waals surface area contributed by atoms with Crippen LogP contribution in [0.15, 0.2) is 30.3 Å². The molecule has 0 saturated carbocycles. The Balaban J connectivity index is 1.61. The zero-order valence-electron chi connectivity index (χ0n) is 17.1. The number of nitrogens with one attached hydrogen (secondary N) is 1. The highest BCUT2D eigenvalue weighted by Crippen LogP contribution is 2.58.